The number of alkyl halides is 2. The van der Waals surface area contributed by atoms with Crippen LogP contribution in [0.3, 0.4) is 0 Å². The molecule has 1 aromatic carbocycles. The van der Waals surface area contributed by atoms with Gasteiger partial charge in [0.2, 0.25) is 11.8 Å². The third-order valence-corrected chi connectivity index (χ3v) is 8.79. The molecule has 5 rings (SSSR count). The number of carbonyl (C=O) groups excluding carboxylic acids is 2. The Morgan fingerprint density at radius 2 is 1.89 bits per heavy atom. The number of piperidine rings is 1. The Morgan fingerprint density at radius 1 is 1.14 bits per heavy atom. The average molecular weight is 503 g/mol. The van der Waals surface area contributed by atoms with Gasteiger partial charge in [-0.25, -0.2) is 17.3 Å². The van der Waals surface area contributed by atoms with Gasteiger partial charge in [0.05, 0.1) is 10.4 Å². The molecule has 3 heterocycles. The van der Waals surface area contributed by atoms with Crippen molar-refractivity contribution in [2.75, 3.05) is 6.54 Å². The number of nitrogens with zero attached hydrogens (tertiary/aromatic N) is 3. The molecule has 0 spiro atoms. The van der Waals surface area contributed by atoms with Crippen LogP contribution in [0.15, 0.2) is 59.8 Å². The van der Waals surface area contributed by atoms with E-state index in [1.165, 1.54) is 4.31 Å². The average Bonchev–Trinajstić information content (AvgIpc) is 3.60. The van der Waals surface area contributed by atoms with E-state index in [9.17, 15) is 22.6 Å². The van der Waals surface area contributed by atoms with Crippen molar-refractivity contribution in [2.24, 2.45) is 0 Å². The second kappa shape index (κ2) is 9.05. The minimum atomic E-state index is -3.04. The first-order chi connectivity index (χ1) is 16.7. The molecule has 4 unspecified atom stereocenters. The lowest BCUT2D eigenvalue weighted by Gasteiger charge is -2.37. The van der Waals surface area contributed by atoms with Gasteiger partial charge in [-0.3, -0.25) is 14.6 Å². The van der Waals surface area contributed by atoms with Crippen LogP contribution in [0.25, 0.3) is 0 Å². The molecule has 0 bridgehead atoms. The fourth-order valence-corrected chi connectivity index (χ4v) is 6.71. The van der Waals surface area contributed by atoms with E-state index in [4.69, 9.17) is 0 Å². The van der Waals surface area contributed by atoms with Crippen molar-refractivity contribution in [2.45, 2.75) is 73.5 Å². The summed E-state index contributed by atoms with van der Waals surface area (Å²) >= 11 is 0. The van der Waals surface area contributed by atoms with Gasteiger partial charge in [0, 0.05) is 37.8 Å². The number of halogens is 2. The summed E-state index contributed by atoms with van der Waals surface area (Å²) in [4.78, 5) is 33.2. The molecule has 1 aliphatic carbocycles. The Labute approximate surface area is 205 Å². The number of rotatable bonds is 6. The largest absolute Gasteiger partial charge is 0.343 e. The van der Waals surface area contributed by atoms with Crippen LogP contribution in [-0.4, -0.2) is 60.8 Å². The zero-order chi connectivity index (χ0) is 24.8. The predicted octanol–water partition coefficient (Wildman–Crippen LogP) is 3.00. The smallest absolute Gasteiger partial charge is 0.251 e. The number of aromatic nitrogens is 1. The van der Waals surface area contributed by atoms with E-state index >= 15 is 0 Å². The molecule has 2 aromatic rings. The lowest BCUT2D eigenvalue weighted by molar-refractivity contribution is -0.139. The highest BCUT2D eigenvalue weighted by Gasteiger charge is 2.57. The maximum atomic E-state index is 14.3. The molecule has 0 radical (unpaired) electrons. The quantitative estimate of drug-likeness (QED) is 0.659. The summed E-state index contributed by atoms with van der Waals surface area (Å²) in [6.45, 7) is 1.75. The Morgan fingerprint density at radius 3 is 2.54 bits per heavy atom. The van der Waals surface area contributed by atoms with E-state index in [-0.39, 0.29) is 18.5 Å². The molecule has 35 heavy (non-hydrogen) atoms. The van der Waals surface area contributed by atoms with Crippen molar-refractivity contribution in [3.05, 3.63) is 60.4 Å². The van der Waals surface area contributed by atoms with E-state index in [0.717, 1.165) is 18.4 Å². The minimum Gasteiger partial charge on any atom is -0.343 e. The third-order valence-electron chi connectivity index (χ3n) is 7.25. The van der Waals surface area contributed by atoms with Crippen LogP contribution < -0.4 is 5.32 Å². The molecule has 4 atom stereocenters. The van der Waals surface area contributed by atoms with Crippen molar-refractivity contribution in [3.8, 4) is 0 Å². The second-order valence-corrected chi connectivity index (χ2v) is 11.1. The molecular formula is C25H28F2N4O3S. The zero-order valence-corrected chi connectivity index (χ0v) is 20.2. The number of likely N-dealkylation sites (tertiary alicyclic amines) is 1. The SMILES string of the molecule is CC1CC(NC(=O)C2CC(F)(F)CCN2S(=O)c2ccccc2)C(=O)N1C1(c2cccnc2)CC1. The van der Waals surface area contributed by atoms with Crippen molar-refractivity contribution in [1.82, 2.24) is 19.5 Å². The number of nitrogens with one attached hydrogen (secondary N) is 1. The molecule has 1 saturated carbocycles. The number of amides is 2. The third kappa shape index (κ3) is 4.49. The van der Waals surface area contributed by atoms with Crippen LogP contribution in [0.2, 0.25) is 0 Å². The molecule has 1 aromatic heterocycles. The lowest BCUT2D eigenvalue weighted by atomic mass is 10.00. The first kappa shape index (κ1) is 24.0. The Kier molecular flexibility index (Phi) is 6.21. The molecule has 10 heteroatoms. The summed E-state index contributed by atoms with van der Waals surface area (Å²) in [7, 11) is -1.77. The van der Waals surface area contributed by atoms with E-state index in [0.29, 0.717) is 11.3 Å². The number of hydrogen-bond acceptors (Lipinski definition) is 4. The van der Waals surface area contributed by atoms with Crippen LogP contribution in [0.1, 0.15) is 44.6 Å². The predicted molar refractivity (Wildman–Crippen MR) is 126 cm³/mol. The first-order valence-electron chi connectivity index (χ1n) is 11.9. The van der Waals surface area contributed by atoms with Gasteiger partial charge >= 0.3 is 0 Å². The van der Waals surface area contributed by atoms with E-state index in [1.807, 2.05) is 24.0 Å². The summed E-state index contributed by atoms with van der Waals surface area (Å²) in [5.41, 5.74) is 0.534. The van der Waals surface area contributed by atoms with Gasteiger partial charge in [0.1, 0.15) is 23.1 Å². The molecular weight excluding hydrogens is 474 g/mol. The maximum Gasteiger partial charge on any atom is 0.251 e. The first-order valence-corrected chi connectivity index (χ1v) is 13.0. The summed E-state index contributed by atoms with van der Waals surface area (Å²) in [6.07, 6.45) is 4.25. The summed E-state index contributed by atoms with van der Waals surface area (Å²) in [5.74, 6) is -3.95. The molecule has 3 aliphatic rings. The van der Waals surface area contributed by atoms with Gasteiger partial charge in [0.25, 0.3) is 5.92 Å². The molecule has 3 fully saturated rings. The molecule has 2 amide bonds. The standard InChI is InChI=1S/C25H28F2N4O3S/c1-17-14-20(23(33)31(17)24(9-10-24)18-6-5-12-28-16-18)29-22(32)21-15-25(26,27)11-13-30(21)35(34)19-7-3-2-4-8-19/h2-8,12,16-17,20-21H,9-11,13-15H2,1H3,(H,29,32). The normalized spacial score (nSPS) is 28.5. The topological polar surface area (TPSA) is 82.6 Å². The Bertz CT molecular complexity index is 1130. The van der Waals surface area contributed by atoms with E-state index in [2.05, 4.69) is 10.3 Å². The van der Waals surface area contributed by atoms with Gasteiger partial charge < -0.3 is 10.2 Å². The highest BCUT2D eigenvalue weighted by Crippen LogP contribution is 2.53. The highest BCUT2D eigenvalue weighted by molar-refractivity contribution is 7.82. The summed E-state index contributed by atoms with van der Waals surface area (Å²) in [5, 5.41) is 2.73. The fraction of sp³-hybridized carbons (Fsp3) is 0.480. The minimum absolute atomic E-state index is 0.127. The summed E-state index contributed by atoms with van der Waals surface area (Å²) in [6, 6.07) is 10.0. The molecule has 186 valence electrons. The van der Waals surface area contributed by atoms with Crippen LogP contribution in [-0.2, 0) is 26.1 Å². The van der Waals surface area contributed by atoms with Crippen LogP contribution in [0.4, 0.5) is 8.78 Å². The Hall–Kier alpha value is -2.72. The van der Waals surface area contributed by atoms with E-state index < -0.39 is 53.3 Å². The van der Waals surface area contributed by atoms with Crippen LogP contribution in [0.5, 0.6) is 0 Å². The summed E-state index contributed by atoms with van der Waals surface area (Å²) < 4.78 is 43.1. The number of pyridine rings is 1. The zero-order valence-electron chi connectivity index (χ0n) is 19.4. The number of carbonyl (C=O) groups is 2. The van der Waals surface area contributed by atoms with Gasteiger partial charge in [-0.05, 0) is 49.9 Å². The van der Waals surface area contributed by atoms with Crippen LogP contribution in [0, 0.1) is 0 Å². The van der Waals surface area contributed by atoms with Crippen molar-refractivity contribution < 1.29 is 22.6 Å². The number of benzene rings is 1. The van der Waals surface area contributed by atoms with E-state index in [1.54, 1.807) is 42.7 Å². The number of hydrogen-bond donors (Lipinski definition) is 1. The lowest BCUT2D eigenvalue weighted by Crippen LogP contribution is -2.57. The molecule has 7 nitrogen and oxygen atoms in total. The second-order valence-electron chi connectivity index (χ2n) is 9.66. The van der Waals surface area contributed by atoms with Gasteiger partial charge in [-0.15, -0.1) is 0 Å². The van der Waals surface area contributed by atoms with Crippen molar-refractivity contribution >= 4 is 22.8 Å². The van der Waals surface area contributed by atoms with Gasteiger partial charge in [0.15, 0.2) is 0 Å². The van der Waals surface area contributed by atoms with Gasteiger partial charge in [-0.1, -0.05) is 24.3 Å². The molecule has 2 aliphatic heterocycles. The van der Waals surface area contributed by atoms with Gasteiger partial charge in [-0.2, -0.15) is 0 Å². The molecule has 1 N–H and O–H groups in total. The van der Waals surface area contributed by atoms with Crippen molar-refractivity contribution in [1.29, 1.82) is 0 Å². The van der Waals surface area contributed by atoms with Crippen LogP contribution >= 0.6 is 0 Å². The fourth-order valence-electron chi connectivity index (χ4n) is 5.39. The Balaban J connectivity index is 1.34. The molecule has 2 saturated heterocycles. The van der Waals surface area contributed by atoms with Crippen molar-refractivity contribution in [3.63, 3.8) is 0 Å². The highest BCUT2D eigenvalue weighted by atomic mass is 32.2. The maximum absolute atomic E-state index is 14.3. The monoisotopic (exact) mass is 502 g/mol.